The average Bonchev–Trinajstić information content (AvgIpc) is 2.27. The van der Waals surface area contributed by atoms with Gasteiger partial charge in [-0.3, -0.25) is 4.79 Å². The van der Waals surface area contributed by atoms with E-state index in [1.54, 1.807) is 12.4 Å². The van der Waals surface area contributed by atoms with Crippen LogP contribution in [0.15, 0.2) is 47.5 Å². The monoisotopic (exact) mass is 234 g/mol. The first-order valence-corrected chi connectivity index (χ1v) is 5.23. The Bertz CT molecular complexity index is 546. The number of pyridine rings is 1. The van der Waals surface area contributed by atoms with Gasteiger partial charge < -0.3 is 10.3 Å². The molecule has 2 N–H and O–H groups in total. The van der Waals surface area contributed by atoms with E-state index in [2.05, 4.69) is 0 Å². The average molecular weight is 235 g/mol. The summed E-state index contributed by atoms with van der Waals surface area (Å²) in [5.74, 6) is 0. The SMILES string of the molecule is Nc1cn(Cc2ccc(Cl)cc2)ccc1=O. The molecule has 0 unspecified atom stereocenters. The van der Waals surface area contributed by atoms with E-state index in [-0.39, 0.29) is 11.1 Å². The van der Waals surface area contributed by atoms with E-state index in [1.807, 2.05) is 28.8 Å². The normalized spacial score (nSPS) is 10.3. The molecule has 0 aliphatic rings. The second kappa shape index (κ2) is 4.41. The van der Waals surface area contributed by atoms with Crippen molar-refractivity contribution in [2.45, 2.75) is 6.54 Å². The van der Waals surface area contributed by atoms with Crippen molar-refractivity contribution < 1.29 is 0 Å². The summed E-state index contributed by atoms with van der Waals surface area (Å²) in [5, 5.41) is 0.711. The van der Waals surface area contributed by atoms with Crippen molar-refractivity contribution in [2.75, 3.05) is 5.73 Å². The van der Waals surface area contributed by atoms with Gasteiger partial charge in [0.15, 0.2) is 0 Å². The zero-order valence-corrected chi connectivity index (χ0v) is 9.32. The van der Waals surface area contributed by atoms with E-state index in [0.29, 0.717) is 11.6 Å². The number of halogens is 1. The van der Waals surface area contributed by atoms with Crippen molar-refractivity contribution in [3.63, 3.8) is 0 Å². The number of anilines is 1. The number of rotatable bonds is 2. The first kappa shape index (κ1) is 10.8. The summed E-state index contributed by atoms with van der Waals surface area (Å²) in [5.41, 5.74) is 6.76. The minimum absolute atomic E-state index is 0.146. The highest BCUT2D eigenvalue weighted by atomic mass is 35.5. The lowest BCUT2D eigenvalue weighted by molar-refractivity contribution is 0.791. The van der Waals surface area contributed by atoms with E-state index in [1.165, 1.54) is 6.07 Å². The van der Waals surface area contributed by atoms with Gasteiger partial charge in [0.05, 0.1) is 5.69 Å². The summed E-state index contributed by atoms with van der Waals surface area (Å²) in [7, 11) is 0. The van der Waals surface area contributed by atoms with Gasteiger partial charge in [-0.2, -0.15) is 0 Å². The van der Waals surface area contributed by atoms with Crippen LogP contribution in [0.25, 0.3) is 0 Å². The molecule has 82 valence electrons. The van der Waals surface area contributed by atoms with Crippen molar-refractivity contribution in [2.24, 2.45) is 0 Å². The molecule has 2 aromatic rings. The van der Waals surface area contributed by atoms with Crippen LogP contribution in [-0.4, -0.2) is 4.57 Å². The lowest BCUT2D eigenvalue weighted by Crippen LogP contribution is -2.11. The Hall–Kier alpha value is -1.74. The topological polar surface area (TPSA) is 48.0 Å². The maximum absolute atomic E-state index is 11.1. The number of benzene rings is 1. The van der Waals surface area contributed by atoms with Gasteiger partial charge in [0, 0.05) is 30.0 Å². The molecule has 1 heterocycles. The highest BCUT2D eigenvalue weighted by Gasteiger charge is 1.97. The van der Waals surface area contributed by atoms with E-state index in [9.17, 15) is 4.79 Å². The highest BCUT2D eigenvalue weighted by molar-refractivity contribution is 6.30. The van der Waals surface area contributed by atoms with Crippen LogP contribution in [0.1, 0.15) is 5.56 Å². The second-order valence-electron chi connectivity index (χ2n) is 3.56. The zero-order valence-electron chi connectivity index (χ0n) is 8.56. The third-order valence-corrected chi connectivity index (χ3v) is 2.54. The molecule has 0 saturated heterocycles. The van der Waals surface area contributed by atoms with Crippen LogP contribution in [0, 0.1) is 0 Å². The van der Waals surface area contributed by atoms with Gasteiger partial charge in [-0.15, -0.1) is 0 Å². The first-order chi connectivity index (χ1) is 7.65. The summed E-state index contributed by atoms with van der Waals surface area (Å²) in [6.45, 7) is 0.668. The molecule has 0 saturated carbocycles. The van der Waals surface area contributed by atoms with E-state index in [0.717, 1.165) is 5.56 Å². The fourth-order valence-corrected chi connectivity index (χ4v) is 1.57. The Morgan fingerprint density at radius 3 is 2.50 bits per heavy atom. The Labute approximate surface area is 98.1 Å². The Balaban J connectivity index is 2.23. The Kier molecular flexibility index (Phi) is 2.97. The summed E-state index contributed by atoms with van der Waals surface area (Å²) in [4.78, 5) is 11.1. The number of aromatic nitrogens is 1. The lowest BCUT2D eigenvalue weighted by Gasteiger charge is -2.07. The second-order valence-corrected chi connectivity index (χ2v) is 4.00. The van der Waals surface area contributed by atoms with Crippen molar-refractivity contribution >= 4 is 17.3 Å². The van der Waals surface area contributed by atoms with Gasteiger partial charge >= 0.3 is 0 Å². The quantitative estimate of drug-likeness (QED) is 0.866. The minimum atomic E-state index is -0.146. The summed E-state index contributed by atoms with van der Waals surface area (Å²) >= 11 is 5.79. The third-order valence-electron chi connectivity index (χ3n) is 2.29. The number of nitrogens with two attached hydrogens (primary N) is 1. The molecule has 0 spiro atoms. The molecule has 16 heavy (non-hydrogen) atoms. The third kappa shape index (κ3) is 2.44. The Morgan fingerprint density at radius 2 is 1.88 bits per heavy atom. The highest BCUT2D eigenvalue weighted by Crippen LogP contribution is 2.10. The van der Waals surface area contributed by atoms with Gasteiger partial charge in [0.1, 0.15) is 0 Å². The van der Waals surface area contributed by atoms with Gasteiger partial charge in [-0.25, -0.2) is 0 Å². The van der Waals surface area contributed by atoms with E-state index in [4.69, 9.17) is 17.3 Å². The first-order valence-electron chi connectivity index (χ1n) is 4.85. The van der Waals surface area contributed by atoms with Crippen LogP contribution < -0.4 is 11.2 Å². The van der Waals surface area contributed by atoms with E-state index < -0.39 is 0 Å². The number of hydrogen-bond acceptors (Lipinski definition) is 2. The fourth-order valence-electron chi connectivity index (χ4n) is 1.44. The Morgan fingerprint density at radius 1 is 1.19 bits per heavy atom. The summed E-state index contributed by atoms with van der Waals surface area (Å²) in [6.07, 6.45) is 3.35. The minimum Gasteiger partial charge on any atom is -0.394 e. The van der Waals surface area contributed by atoms with Crippen LogP contribution in [-0.2, 0) is 6.54 Å². The van der Waals surface area contributed by atoms with Crippen molar-refractivity contribution in [1.82, 2.24) is 4.57 Å². The number of hydrogen-bond donors (Lipinski definition) is 1. The summed E-state index contributed by atoms with van der Waals surface area (Å²) < 4.78 is 1.86. The summed E-state index contributed by atoms with van der Waals surface area (Å²) in [6, 6.07) is 9.02. The molecule has 0 aliphatic carbocycles. The molecule has 2 rings (SSSR count). The van der Waals surface area contributed by atoms with Gasteiger partial charge in [0.2, 0.25) is 5.43 Å². The molecular weight excluding hydrogens is 224 g/mol. The van der Waals surface area contributed by atoms with Gasteiger partial charge in [-0.1, -0.05) is 23.7 Å². The van der Waals surface area contributed by atoms with Gasteiger partial charge in [0.25, 0.3) is 0 Å². The standard InChI is InChI=1S/C12H11ClN2O/c13-10-3-1-9(2-4-10)7-15-6-5-12(16)11(14)8-15/h1-6,8H,7,14H2. The van der Waals surface area contributed by atoms with Crippen LogP contribution in [0.2, 0.25) is 5.02 Å². The maximum atomic E-state index is 11.1. The van der Waals surface area contributed by atoms with Gasteiger partial charge in [-0.05, 0) is 17.7 Å². The van der Waals surface area contributed by atoms with Crippen LogP contribution in [0.3, 0.4) is 0 Å². The number of nitrogen functional groups attached to an aromatic ring is 1. The molecule has 0 amide bonds. The fraction of sp³-hybridized carbons (Fsp3) is 0.0833. The van der Waals surface area contributed by atoms with Crippen molar-refractivity contribution in [1.29, 1.82) is 0 Å². The predicted molar refractivity (Wildman–Crippen MR) is 65.7 cm³/mol. The van der Waals surface area contributed by atoms with Crippen LogP contribution in [0.5, 0.6) is 0 Å². The molecule has 0 radical (unpaired) electrons. The molecule has 0 fully saturated rings. The molecule has 1 aromatic heterocycles. The predicted octanol–water partition coefficient (Wildman–Crippen LogP) is 2.13. The van der Waals surface area contributed by atoms with Crippen molar-refractivity contribution in [3.05, 3.63) is 63.5 Å². The maximum Gasteiger partial charge on any atom is 0.204 e. The van der Waals surface area contributed by atoms with Crippen molar-refractivity contribution in [3.8, 4) is 0 Å². The molecular formula is C12H11ClN2O. The molecule has 0 bridgehead atoms. The largest absolute Gasteiger partial charge is 0.394 e. The number of nitrogens with zero attached hydrogens (tertiary/aromatic N) is 1. The van der Waals surface area contributed by atoms with Crippen LogP contribution >= 0.6 is 11.6 Å². The molecule has 0 atom stereocenters. The van der Waals surface area contributed by atoms with E-state index >= 15 is 0 Å². The smallest absolute Gasteiger partial charge is 0.204 e. The van der Waals surface area contributed by atoms with Crippen LogP contribution in [0.4, 0.5) is 5.69 Å². The lowest BCUT2D eigenvalue weighted by atomic mass is 10.2. The molecule has 3 nitrogen and oxygen atoms in total. The molecule has 1 aromatic carbocycles. The molecule has 4 heteroatoms. The molecule has 0 aliphatic heterocycles. The zero-order chi connectivity index (χ0) is 11.5.